The SMILES string of the molecule is COc1cccc2c1nc(Cl)n1nc(-c3cnn(C4CC4)c3)nc21. The van der Waals surface area contributed by atoms with Crippen LogP contribution in [0.3, 0.4) is 0 Å². The normalized spacial score (nSPS) is 14.6. The fourth-order valence-electron chi connectivity index (χ4n) is 2.85. The lowest BCUT2D eigenvalue weighted by molar-refractivity contribution is 0.419. The second-order valence-corrected chi connectivity index (χ2v) is 6.19. The summed E-state index contributed by atoms with van der Waals surface area (Å²) >= 11 is 6.30. The van der Waals surface area contributed by atoms with E-state index in [4.69, 9.17) is 16.3 Å². The summed E-state index contributed by atoms with van der Waals surface area (Å²) in [6.45, 7) is 0. The number of para-hydroxylation sites is 1. The quantitative estimate of drug-likeness (QED) is 0.536. The van der Waals surface area contributed by atoms with Gasteiger partial charge in [0.15, 0.2) is 11.5 Å². The minimum Gasteiger partial charge on any atom is -0.494 e. The van der Waals surface area contributed by atoms with Crippen molar-refractivity contribution in [3.63, 3.8) is 0 Å². The molecule has 1 aliphatic carbocycles. The lowest BCUT2D eigenvalue weighted by atomic mass is 10.2. The van der Waals surface area contributed by atoms with Gasteiger partial charge in [0.2, 0.25) is 5.28 Å². The molecule has 120 valence electrons. The Morgan fingerprint density at radius 3 is 2.92 bits per heavy atom. The Balaban J connectivity index is 1.74. The molecule has 1 aliphatic rings. The van der Waals surface area contributed by atoms with Gasteiger partial charge in [0.25, 0.3) is 0 Å². The third-order valence-corrected chi connectivity index (χ3v) is 4.47. The molecule has 1 aromatic carbocycles. The maximum Gasteiger partial charge on any atom is 0.226 e. The maximum absolute atomic E-state index is 6.30. The van der Waals surface area contributed by atoms with E-state index in [1.165, 1.54) is 12.8 Å². The standard InChI is InChI=1S/C16H13ClN6O/c1-24-12-4-2-3-11-13(12)19-16(17)23-15(11)20-14(21-23)9-7-18-22(8-9)10-5-6-10/h2-4,7-8,10H,5-6H2,1H3. The first-order valence-corrected chi connectivity index (χ1v) is 8.06. The van der Waals surface area contributed by atoms with Crippen LogP contribution in [0.4, 0.5) is 0 Å². The van der Waals surface area contributed by atoms with Crippen molar-refractivity contribution in [1.82, 2.24) is 29.4 Å². The van der Waals surface area contributed by atoms with Crippen LogP contribution in [0.5, 0.6) is 5.75 Å². The highest BCUT2D eigenvalue weighted by atomic mass is 35.5. The van der Waals surface area contributed by atoms with E-state index in [0.717, 1.165) is 10.9 Å². The monoisotopic (exact) mass is 340 g/mol. The van der Waals surface area contributed by atoms with Crippen LogP contribution in [-0.4, -0.2) is 36.5 Å². The number of hydrogen-bond donors (Lipinski definition) is 0. The number of ether oxygens (including phenoxy) is 1. The number of nitrogens with zero attached hydrogens (tertiary/aromatic N) is 6. The maximum atomic E-state index is 6.30. The van der Waals surface area contributed by atoms with Crippen LogP contribution >= 0.6 is 11.6 Å². The van der Waals surface area contributed by atoms with Gasteiger partial charge in [-0.05, 0) is 36.6 Å². The Morgan fingerprint density at radius 1 is 1.25 bits per heavy atom. The van der Waals surface area contributed by atoms with Crippen LogP contribution in [0.2, 0.25) is 5.28 Å². The van der Waals surface area contributed by atoms with E-state index >= 15 is 0 Å². The van der Waals surface area contributed by atoms with Crippen molar-refractivity contribution in [3.8, 4) is 17.1 Å². The molecule has 0 atom stereocenters. The van der Waals surface area contributed by atoms with Crippen molar-refractivity contribution in [2.24, 2.45) is 0 Å². The zero-order chi connectivity index (χ0) is 16.3. The van der Waals surface area contributed by atoms with Gasteiger partial charge in [-0.1, -0.05) is 6.07 Å². The number of methoxy groups -OCH3 is 1. The van der Waals surface area contributed by atoms with Crippen LogP contribution in [0.1, 0.15) is 18.9 Å². The Kier molecular flexibility index (Phi) is 2.81. The highest BCUT2D eigenvalue weighted by Gasteiger charge is 2.25. The van der Waals surface area contributed by atoms with Gasteiger partial charge in [0, 0.05) is 11.6 Å². The van der Waals surface area contributed by atoms with Gasteiger partial charge in [-0.2, -0.15) is 9.61 Å². The first kappa shape index (κ1) is 13.7. The Morgan fingerprint density at radius 2 is 2.12 bits per heavy atom. The molecule has 0 aliphatic heterocycles. The predicted molar refractivity (Wildman–Crippen MR) is 89.3 cm³/mol. The summed E-state index contributed by atoms with van der Waals surface area (Å²) in [6.07, 6.45) is 6.13. The molecule has 0 N–H and O–H groups in total. The molecule has 0 unspecified atom stereocenters. The van der Waals surface area contributed by atoms with Crippen molar-refractivity contribution in [1.29, 1.82) is 0 Å². The van der Waals surface area contributed by atoms with E-state index in [9.17, 15) is 0 Å². The van der Waals surface area contributed by atoms with Crippen molar-refractivity contribution in [3.05, 3.63) is 35.9 Å². The molecule has 24 heavy (non-hydrogen) atoms. The van der Waals surface area contributed by atoms with Gasteiger partial charge < -0.3 is 4.74 Å². The van der Waals surface area contributed by atoms with Crippen LogP contribution in [0.25, 0.3) is 27.9 Å². The fourth-order valence-corrected chi connectivity index (χ4v) is 3.05. The molecule has 5 rings (SSSR count). The molecule has 3 heterocycles. The van der Waals surface area contributed by atoms with E-state index in [1.807, 2.05) is 29.1 Å². The first-order chi connectivity index (χ1) is 11.7. The smallest absolute Gasteiger partial charge is 0.226 e. The molecule has 0 bridgehead atoms. The fraction of sp³-hybridized carbons (Fsp3) is 0.250. The van der Waals surface area contributed by atoms with E-state index < -0.39 is 0 Å². The third kappa shape index (κ3) is 1.98. The van der Waals surface area contributed by atoms with Crippen molar-refractivity contribution in [2.75, 3.05) is 7.11 Å². The predicted octanol–water partition coefficient (Wildman–Crippen LogP) is 3.14. The van der Waals surface area contributed by atoms with Gasteiger partial charge in [-0.15, -0.1) is 5.10 Å². The highest BCUT2D eigenvalue weighted by Crippen LogP contribution is 2.35. The minimum absolute atomic E-state index is 0.246. The summed E-state index contributed by atoms with van der Waals surface area (Å²) in [6, 6.07) is 6.20. The van der Waals surface area contributed by atoms with E-state index in [2.05, 4.69) is 20.2 Å². The molecule has 1 fully saturated rings. The Labute approximate surface area is 141 Å². The van der Waals surface area contributed by atoms with Gasteiger partial charge >= 0.3 is 0 Å². The topological polar surface area (TPSA) is 70.1 Å². The number of rotatable bonds is 3. The Bertz CT molecular complexity index is 1080. The second-order valence-electron chi connectivity index (χ2n) is 5.85. The highest BCUT2D eigenvalue weighted by molar-refractivity contribution is 6.29. The summed E-state index contributed by atoms with van der Waals surface area (Å²) in [4.78, 5) is 9.06. The van der Waals surface area contributed by atoms with Crippen LogP contribution in [0.15, 0.2) is 30.6 Å². The summed E-state index contributed by atoms with van der Waals surface area (Å²) in [7, 11) is 1.61. The molecular formula is C16H13ClN6O. The molecule has 8 heteroatoms. The molecule has 7 nitrogen and oxygen atoms in total. The second kappa shape index (κ2) is 4.91. The summed E-state index contributed by atoms with van der Waals surface area (Å²) in [5.41, 5.74) is 2.20. The summed E-state index contributed by atoms with van der Waals surface area (Å²) in [5.74, 6) is 1.24. The van der Waals surface area contributed by atoms with Crippen molar-refractivity contribution >= 4 is 28.2 Å². The van der Waals surface area contributed by atoms with Gasteiger partial charge in [0.05, 0.1) is 24.9 Å². The minimum atomic E-state index is 0.246. The molecular weight excluding hydrogens is 328 g/mol. The van der Waals surface area contributed by atoms with Crippen LogP contribution in [-0.2, 0) is 0 Å². The van der Waals surface area contributed by atoms with Gasteiger partial charge in [-0.25, -0.2) is 9.97 Å². The number of halogens is 1. The Hall–Kier alpha value is -2.67. The average molecular weight is 341 g/mol. The molecule has 0 spiro atoms. The van der Waals surface area contributed by atoms with E-state index in [-0.39, 0.29) is 5.28 Å². The van der Waals surface area contributed by atoms with Crippen LogP contribution < -0.4 is 4.74 Å². The molecule has 1 saturated carbocycles. The van der Waals surface area contributed by atoms with Crippen LogP contribution in [0, 0.1) is 0 Å². The molecule has 0 amide bonds. The first-order valence-electron chi connectivity index (χ1n) is 7.68. The van der Waals surface area contributed by atoms with E-state index in [0.29, 0.717) is 28.8 Å². The lowest BCUT2D eigenvalue weighted by Crippen LogP contribution is -1.96. The zero-order valence-corrected chi connectivity index (χ0v) is 13.6. The van der Waals surface area contributed by atoms with Gasteiger partial charge in [0.1, 0.15) is 11.3 Å². The zero-order valence-electron chi connectivity index (χ0n) is 12.8. The summed E-state index contributed by atoms with van der Waals surface area (Å²) in [5, 5.41) is 9.98. The number of hydrogen-bond acceptors (Lipinski definition) is 5. The molecule has 3 aromatic heterocycles. The number of aromatic nitrogens is 6. The average Bonchev–Trinajstić information content (AvgIpc) is 3.15. The van der Waals surface area contributed by atoms with Crippen molar-refractivity contribution in [2.45, 2.75) is 18.9 Å². The lowest BCUT2D eigenvalue weighted by Gasteiger charge is -2.05. The summed E-state index contributed by atoms with van der Waals surface area (Å²) < 4.78 is 8.89. The van der Waals surface area contributed by atoms with E-state index in [1.54, 1.807) is 17.8 Å². The van der Waals surface area contributed by atoms with Gasteiger partial charge in [-0.3, -0.25) is 4.68 Å². The van der Waals surface area contributed by atoms with Crippen molar-refractivity contribution < 1.29 is 4.74 Å². The molecule has 0 saturated heterocycles. The molecule has 0 radical (unpaired) electrons. The number of benzene rings is 1. The molecule has 4 aromatic rings. The number of fused-ring (bicyclic) bond motifs is 3. The largest absolute Gasteiger partial charge is 0.494 e. The third-order valence-electron chi connectivity index (χ3n) is 4.23.